The zero-order valence-corrected chi connectivity index (χ0v) is 13.8. The van der Waals surface area contributed by atoms with Gasteiger partial charge in [0.25, 0.3) is 10.0 Å². The molecular weight excluding hydrogens is 413 g/mol. The van der Waals surface area contributed by atoms with Crippen LogP contribution in [0.5, 0.6) is 0 Å². The molecule has 0 atom stereocenters. The average Bonchev–Trinajstić information content (AvgIpc) is 2.42. The summed E-state index contributed by atoms with van der Waals surface area (Å²) in [5.74, 6) is 5.24. The van der Waals surface area contributed by atoms with Gasteiger partial charge >= 0.3 is 0 Å². The molecule has 0 unspecified atom stereocenters. The predicted octanol–water partition coefficient (Wildman–Crippen LogP) is 3.03. The molecule has 0 bridgehead atoms. The van der Waals surface area contributed by atoms with E-state index in [2.05, 4.69) is 10.1 Å². The standard InChI is InChI=1S/C12H11ClIN3O2S/c13-8-1-6-12(11(14)7-8)17-20(18,19)10-4-2-9(16-15)3-5-10/h1-7,16-17H,15H2. The summed E-state index contributed by atoms with van der Waals surface area (Å²) in [5.41, 5.74) is 3.55. The Bertz CT molecular complexity index is 720. The Morgan fingerprint density at radius 1 is 1.10 bits per heavy atom. The molecule has 8 heteroatoms. The molecule has 5 nitrogen and oxygen atoms in total. The lowest BCUT2D eigenvalue weighted by Gasteiger charge is -2.10. The lowest BCUT2D eigenvalue weighted by molar-refractivity contribution is 0.601. The Kier molecular flexibility index (Phi) is 4.74. The number of nitrogens with one attached hydrogen (secondary N) is 2. The molecule has 0 spiro atoms. The summed E-state index contributed by atoms with van der Waals surface area (Å²) >= 11 is 7.86. The van der Waals surface area contributed by atoms with E-state index < -0.39 is 10.0 Å². The molecule has 0 aliphatic rings. The third-order valence-electron chi connectivity index (χ3n) is 2.51. The van der Waals surface area contributed by atoms with Gasteiger partial charge in [0.1, 0.15) is 0 Å². The maximum atomic E-state index is 12.2. The van der Waals surface area contributed by atoms with E-state index in [0.717, 1.165) is 3.57 Å². The maximum absolute atomic E-state index is 12.2. The molecule has 0 radical (unpaired) electrons. The molecule has 4 N–H and O–H groups in total. The van der Waals surface area contributed by atoms with Crippen molar-refractivity contribution < 1.29 is 8.42 Å². The second-order valence-electron chi connectivity index (χ2n) is 3.90. The van der Waals surface area contributed by atoms with E-state index in [1.807, 2.05) is 22.6 Å². The van der Waals surface area contributed by atoms with Gasteiger partial charge in [-0.05, 0) is 65.1 Å². The van der Waals surface area contributed by atoms with Crippen LogP contribution >= 0.6 is 34.2 Å². The van der Waals surface area contributed by atoms with E-state index >= 15 is 0 Å². The van der Waals surface area contributed by atoms with Gasteiger partial charge in [0.2, 0.25) is 0 Å². The number of rotatable bonds is 4. The van der Waals surface area contributed by atoms with Crippen molar-refractivity contribution in [2.24, 2.45) is 5.84 Å². The topological polar surface area (TPSA) is 84.2 Å². The van der Waals surface area contributed by atoms with E-state index in [4.69, 9.17) is 17.4 Å². The Balaban J connectivity index is 2.30. The van der Waals surface area contributed by atoms with Gasteiger partial charge in [0.15, 0.2) is 0 Å². The van der Waals surface area contributed by atoms with Crippen molar-refractivity contribution in [1.82, 2.24) is 0 Å². The zero-order valence-electron chi connectivity index (χ0n) is 10.1. The van der Waals surface area contributed by atoms with Crippen LogP contribution < -0.4 is 16.0 Å². The molecule has 0 aliphatic carbocycles. The van der Waals surface area contributed by atoms with Crippen molar-refractivity contribution in [1.29, 1.82) is 0 Å². The highest BCUT2D eigenvalue weighted by Crippen LogP contribution is 2.25. The normalized spacial score (nSPS) is 11.2. The monoisotopic (exact) mass is 423 g/mol. The molecule has 2 aromatic rings. The smallest absolute Gasteiger partial charge is 0.261 e. The molecule has 2 rings (SSSR count). The Hall–Kier alpha value is -1.03. The van der Waals surface area contributed by atoms with Gasteiger partial charge in [-0.2, -0.15) is 0 Å². The Morgan fingerprint density at radius 3 is 2.30 bits per heavy atom. The summed E-state index contributed by atoms with van der Waals surface area (Å²) < 4.78 is 27.7. The van der Waals surface area contributed by atoms with E-state index in [0.29, 0.717) is 16.4 Å². The highest BCUT2D eigenvalue weighted by Gasteiger charge is 2.15. The molecule has 0 saturated carbocycles. The summed E-state index contributed by atoms with van der Waals surface area (Å²) in [7, 11) is -3.64. The maximum Gasteiger partial charge on any atom is 0.261 e. The van der Waals surface area contributed by atoms with Gasteiger partial charge in [0.05, 0.1) is 10.6 Å². The van der Waals surface area contributed by atoms with Gasteiger partial charge in [-0.1, -0.05) is 11.6 Å². The first kappa shape index (κ1) is 15.4. The first-order valence-corrected chi connectivity index (χ1v) is 8.41. The van der Waals surface area contributed by atoms with Crippen molar-refractivity contribution in [3.63, 3.8) is 0 Å². The lowest BCUT2D eigenvalue weighted by Crippen LogP contribution is -2.14. The zero-order chi connectivity index (χ0) is 14.8. The number of hydrogen-bond donors (Lipinski definition) is 3. The van der Waals surface area contributed by atoms with Crippen molar-refractivity contribution >= 4 is 55.6 Å². The Morgan fingerprint density at radius 2 is 1.75 bits per heavy atom. The van der Waals surface area contributed by atoms with Gasteiger partial charge in [-0.3, -0.25) is 10.6 Å². The molecule has 0 aromatic heterocycles. The third kappa shape index (κ3) is 3.54. The fourth-order valence-electron chi connectivity index (χ4n) is 1.51. The fourth-order valence-corrected chi connectivity index (χ4v) is 3.78. The largest absolute Gasteiger partial charge is 0.324 e. The van der Waals surface area contributed by atoms with Crippen LogP contribution in [0.15, 0.2) is 47.4 Å². The highest BCUT2D eigenvalue weighted by molar-refractivity contribution is 14.1. The van der Waals surface area contributed by atoms with Crippen LogP contribution in [-0.2, 0) is 10.0 Å². The van der Waals surface area contributed by atoms with E-state index in [9.17, 15) is 8.42 Å². The fraction of sp³-hybridized carbons (Fsp3) is 0. The van der Waals surface area contributed by atoms with Gasteiger partial charge in [-0.15, -0.1) is 0 Å². The summed E-state index contributed by atoms with van der Waals surface area (Å²) in [5, 5.41) is 0.552. The van der Waals surface area contributed by atoms with Crippen LogP contribution in [0.1, 0.15) is 0 Å². The molecule has 0 heterocycles. The second kappa shape index (κ2) is 6.17. The van der Waals surface area contributed by atoms with Gasteiger partial charge in [0, 0.05) is 14.3 Å². The van der Waals surface area contributed by atoms with Crippen LogP contribution in [0, 0.1) is 3.57 Å². The van der Waals surface area contributed by atoms with Crippen LogP contribution in [0.2, 0.25) is 5.02 Å². The van der Waals surface area contributed by atoms with Crippen molar-refractivity contribution in [3.05, 3.63) is 51.1 Å². The van der Waals surface area contributed by atoms with E-state index in [1.165, 1.54) is 12.1 Å². The lowest BCUT2D eigenvalue weighted by atomic mass is 10.3. The van der Waals surface area contributed by atoms with E-state index in [-0.39, 0.29) is 4.90 Å². The first-order chi connectivity index (χ1) is 9.42. The summed E-state index contributed by atoms with van der Waals surface area (Å²) in [4.78, 5) is 0.155. The summed E-state index contributed by atoms with van der Waals surface area (Å²) in [6, 6.07) is 11.0. The quantitative estimate of drug-likeness (QED) is 0.401. The molecule has 0 saturated heterocycles. The van der Waals surface area contributed by atoms with Crippen LogP contribution in [0.3, 0.4) is 0 Å². The molecular formula is C12H11ClIN3O2S. The third-order valence-corrected chi connectivity index (χ3v) is 5.02. The molecule has 2 aromatic carbocycles. The number of sulfonamides is 1. The molecule has 20 heavy (non-hydrogen) atoms. The van der Waals surface area contributed by atoms with Crippen LogP contribution in [-0.4, -0.2) is 8.42 Å². The molecule has 0 amide bonds. The number of nitrogen functional groups attached to an aromatic ring is 1. The predicted molar refractivity (Wildman–Crippen MR) is 89.2 cm³/mol. The van der Waals surface area contributed by atoms with Crippen LogP contribution in [0.25, 0.3) is 0 Å². The SMILES string of the molecule is NNc1ccc(S(=O)(=O)Nc2ccc(Cl)cc2I)cc1. The number of anilines is 2. The minimum absolute atomic E-state index is 0.155. The number of halogens is 2. The highest BCUT2D eigenvalue weighted by atomic mass is 127. The summed E-state index contributed by atoms with van der Waals surface area (Å²) in [6.07, 6.45) is 0. The number of nitrogens with two attached hydrogens (primary N) is 1. The summed E-state index contributed by atoms with van der Waals surface area (Å²) in [6.45, 7) is 0. The number of benzene rings is 2. The van der Waals surface area contributed by atoms with Crippen molar-refractivity contribution in [3.8, 4) is 0 Å². The minimum atomic E-state index is -3.64. The molecule has 0 aliphatic heterocycles. The molecule has 0 fully saturated rings. The molecule has 106 valence electrons. The van der Waals surface area contributed by atoms with Crippen LogP contribution in [0.4, 0.5) is 11.4 Å². The van der Waals surface area contributed by atoms with Crippen molar-refractivity contribution in [2.45, 2.75) is 4.90 Å². The van der Waals surface area contributed by atoms with Gasteiger partial charge < -0.3 is 5.43 Å². The second-order valence-corrected chi connectivity index (χ2v) is 7.18. The number of hydrogen-bond acceptors (Lipinski definition) is 4. The number of hydrazine groups is 1. The first-order valence-electron chi connectivity index (χ1n) is 5.47. The Labute approximate surface area is 135 Å². The minimum Gasteiger partial charge on any atom is -0.324 e. The van der Waals surface area contributed by atoms with E-state index in [1.54, 1.807) is 30.3 Å². The average molecular weight is 424 g/mol. The van der Waals surface area contributed by atoms with Crippen molar-refractivity contribution in [2.75, 3.05) is 10.1 Å². The van der Waals surface area contributed by atoms with Gasteiger partial charge in [-0.25, -0.2) is 8.42 Å².